The van der Waals surface area contributed by atoms with E-state index in [0.717, 1.165) is 15.8 Å². The van der Waals surface area contributed by atoms with Crippen LogP contribution >= 0.6 is 22.9 Å². The van der Waals surface area contributed by atoms with E-state index < -0.39 is 34.7 Å². The highest BCUT2D eigenvalue weighted by Gasteiger charge is 2.57. The van der Waals surface area contributed by atoms with E-state index in [2.05, 4.69) is 0 Å². The number of imide groups is 1. The SMILES string of the molecule is O=C1c2ccc([N+](=O)[O-])cc2C(=O)N1[C@H]1C(=O)N(c2ccc(Cl)cc2)[C@@H]1c1cccs1. The normalized spacial score (nSPS) is 20.1. The van der Waals surface area contributed by atoms with Crippen LogP contribution in [-0.2, 0) is 4.79 Å². The van der Waals surface area contributed by atoms with E-state index in [1.807, 2.05) is 17.5 Å². The molecule has 2 atom stereocenters. The number of nitro benzene ring substituents is 1. The van der Waals surface area contributed by atoms with E-state index in [0.29, 0.717) is 10.7 Å². The number of non-ortho nitro benzene ring substituents is 1. The molecule has 0 unspecified atom stereocenters. The van der Waals surface area contributed by atoms with Crippen molar-refractivity contribution in [2.45, 2.75) is 12.1 Å². The van der Waals surface area contributed by atoms with Gasteiger partial charge in [0.05, 0.1) is 16.1 Å². The first kappa shape index (κ1) is 19.4. The summed E-state index contributed by atoms with van der Waals surface area (Å²) in [5.74, 6) is -1.75. The summed E-state index contributed by atoms with van der Waals surface area (Å²) in [7, 11) is 0. The molecule has 0 bridgehead atoms. The van der Waals surface area contributed by atoms with Crippen LogP contribution in [0.4, 0.5) is 11.4 Å². The van der Waals surface area contributed by atoms with Crippen molar-refractivity contribution in [3.63, 3.8) is 0 Å². The standard InChI is InChI=1S/C21H12ClN3O5S/c22-11-3-5-12(6-4-11)23-17(16-2-1-9-31-16)18(21(23)28)24-19(26)14-8-7-13(25(29)30)10-15(14)20(24)27/h1-10,17-18H/t17-,18-/m1/s1. The van der Waals surface area contributed by atoms with Crippen LogP contribution < -0.4 is 4.90 Å². The summed E-state index contributed by atoms with van der Waals surface area (Å²) in [4.78, 5) is 53.0. The predicted molar refractivity (Wildman–Crippen MR) is 113 cm³/mol. The number of rotatable bonds is 4. The van der Waals surface area contributed by atoms with Crippen molar-refractivity contribution in [3.05, 3.63) is 91.1 Å². The van der Waals surface area contributed by atoms with Gasteiger partial charge in [-0.25, -0.2) is 0 Å². The number of nitro groups is 1. The number of nitrogens with zero attached hydrogens (tertiary/aromatic N) is 3. The molecule has 10 heteroatoms. The minimum absolute atomic E-state index is 0.0540. The maximum atomic E-state index is 13.2. The summed E-state index contributed by atoms with van der Waals surface area (Å²) in [5.41, 5.74) is 0.288. The zero-order valence-electron chi connectivity index (χ0n) is 15.6. The molecular weight excluding hydrogens is 442 g/mol. The van der Waals surface area contributed by atoms with Crippen LogP contribution in [0.5, 0.6) is 0 Å². The molecular formula is C21H12ClN3O5S. The summed E-state index contributed by atoms with van der Waals surface area (Å²) in [5, 5.41) is 13.4. The molecule has 0 N–H and O–H groups in total. The summed E-state index contributed by atoms with van der Waals surface area (Å²) in [6.07, 6.45) is 0. The number of thiophene rings is 1. The Kier molecular flexibility index (Phi) is 4.38. The first-order chi connectivity index (χ1) is 14.9. The van der Waals surface area contributed by atoms with Crippen LogP contribution in [0, 0.1) is 10.1 Å². The van der Waals surface area contributed by atoms with Gasteiger partial charge in [0.15, 0.2) is 0 Å². The number of amides is 3. The first-order valence-electron chi connectivity index (χ1n) is 9.17. The van der Waals surface area contributed by atoms with E-state index in [-0.39, 0.29) is 16.8 Å². The van der Waals surface area contributed by atoms with Gasteiger partial charge in [0.2, 0.25) is 0 Å². The van der Waals surface area contributed by atoms with Crippen molar-refractivity contribution in [1.29, 1.82) is 0 Å². The zero-order valence-corrected chi connectivity index (χ0v) is 17.2. The van der Waals surface area contributed by atoms with Gasteiger partial charge in [0.1, 0.15) is 12.1 Å². The van der Waals surface area contributed by atoms with Gasteiger partial charge in [-0.3, -0.25) is 34.3 Å². The van der Waals surface area contributed by atoms with Crippen molar-refractivity contribution in [2.24, 2.45) is 0 Å². The molecule has 1 aromatic heterocycles. The van der Waals surface area contributed by atoms with Crippen LogP contribution in [0.1, 0.15) is 31.6 Å². The third-order valence-corrected chi connectivity index (χ3v) is 6.59. The third-order valence-electron chi connectivity index (χ3n) is 5.40. The minimum Gasteiger partial charge on any atom is -0.300 e. The number of hydrogen-bond donors (Lipinski definition) is 0. The van der Waals surface area contributed by atoms with E-state index >= 15 is 0 Å². The van der Waals surface area contributed by atoms with Gasteiger partial charge in [-0.2, -0.15) is 0 Å². The van der Waals surface area contributed by atoms with Crippen LogP contribution in [0.15, 0.2) is 60.0 Å². The van der Waals surface area contributed by atoms with E-state index in [4.69, 9.17) is 11.6 Å². The highest BCUT2D eigenvalue weighted by atomic mass is 35.5. The van der Waals surface area contributed by atoms with Crippen molar-refractivity contribution in [2.75, 3.05) is 4.90 Å². The molecule has 1 fully saturated rings. The van der Waals surface area contributed by atoms with Crippen LogP contribution in [0.2, 0.25) is 5.02 Å². The number of fused-ring (bicyclic) bond motifs is 1. The first-order valence-corrected chi connectivity index (χ1v) is 10.4. The molecule has 2 aromatic carbocycles. The Morgan fingerprint density at radius 1 is 0.903 bits per heavy atom. The second kappa shape index (κ2) is 7.00. The average molecular weight is 454 g/mol. The lowest BCUT2D eigenvalue weighted by atomic mass is 9.90. The predicted octanol–water partition coefficient (Wildman–Crippen LogP) is 4.06. The quantitative estimate of drug-likeness (QED) is 0.256. The summed E-state index contributed by atoms with van der Waals surface area (Å²) >= 11 is 7.37. The Bertz CT molecular complexity index is 1260. The zero-order chi connectivity index (χ0) is 21.9. The minimum atomic E-state index is -1.04. The molecule has 8 nitrogen and oxygen atoms in total. The number of carbonyl (C=O) groups excluding carboxylic acids is 3. The smallest absolute Gasteiger partial charge is 0.270 e. The number of anilines is 1. The summed E-state index contributed by atoms with van der Waals surface area (Å²) in [6, 6.07) is 12.3. The molecule has 0 radical (unpaired) electrons. The molecule has 1 saturated heterocycles. The van der Waals surface area contributed by atoms with Crippen LogP contribution in [-0.4, -0.2) is 33.6 Å². The van der Waals surface area contributed by atoms with Gasteiger partial charge < -0.3 is 0 Å². The number of halogens is 1. The Morgan fingerprint density at radius 2 is 1.61 bits per heavy atom. The topological polar surface area (TPSA) is 101 Å². The van der Waals surface area contributed by atoms with E-state index in [9.17, 15) is 24.5 Å². The number of benzene rings is 2. The number of hydrogen-bond acceptors (Lipinski definition) is 6. The molecule has 0 spiro atoms. The van der Waals surface area contributed by atoms with E-state index in [1.165, 1.54) is 28.4 Å². The lowest BCUT2D eigenvalue weighted by molar-refractivity contribution is -0.384. The van der Waals surface area contributed by atoms with Crippen molar-refractivity contribution in [3.8, 4) is 0 Å². The monoisotopic (exact) mass is 453 g/mol. The fourth-order valence-electron chi connectivity index (χ4n) is 3.97. The second-order valence-electron chi connectivity index (χ2n) is 7.06. The highest BCUT2D eigenvalue weighted by molar-refractivity contribution is 7.10. The lowest BCUT2D eigenvalue weighted by Gasteiger charge is -2.49. The van der Waals surface area contributed by atoms with Gasteiger partial charge in [-0.1, -0.05) is 17.7 Å². The average Bonchev–Trinajstić information content (AvgIpc) is 3.36. The van der Waals surface area contributed by atoms with Crippen molar-refractivity contribution < 1.29 is 19.3 Å². The molecule has 5 rings (SSSR count). The fraction of sp³-hybridized carbons (Fsp3) is 0.0952. The summed E-state index contributed by atoms with van der Waals surface area (Å²) in [6.45, 7) is 0. The Balaban J connectivity index is 1.55. The van der Waals surface area contributed by atoms with Gasteiger partial charge in [0, 0.05) is 27.7 Å². The number of carbonyl (C=O) groups is 3. The van der Waals surface area contributed by atoms with Gasteiger partial charge in [0.25, 0.3) is 23.4 Å². The fourth-order valence-corrected chi connectivity index (χ4v) is 4.94. The van der Waals surface area contributed by atoms with Crippen molar-refractivity contribution in [1.82, 2.24) is 4.90 Å². The largest absolute Gasteiger partial charge is 0.300 e. The van der Waals surface area contributed by atoms with Gasteiger partial charge >= 0.3 is 0 Å². The molecule has 2 aliphatic rings. The van der Waals surface area contributed by atoms with Crippen molar-refractivity contribution >= 4 is 52.0 Å². The Labute approximate surface area is 184 Å². The van der Waals surface area contributed by atoms with Gasteiger partial charge in [-0.15, -0.1) is 11.3 Å². The molecule has 2 aliphatic heterocycles. The molecule has 3 heterocycles. The van der Waals surface area contributed by atoms with Crippen LogP contribution in [0.3, 0.4) is 0 Å². The van der Waals surface area contributed by atoms with Crippen LogP contribution in [0.25, 0.3) is 0 Å². The molecule has 31 heavy (non-hydrogen) atoms. The molecule has 3 amide bonds. The highest BCUT2D eigenvalue weighted by Crippen LogP contribution is 2.45. The Morgan fingerprint density at radius 3 is 2.26 bits per heavy atom. The molecule has 3 aromatic rings. The molecule has 154 valence electrons. The molecule has 0 aliphatic carbocycles. The number of β-lactam (4-membered cyclic amide) rings is 1. The lowest BCUT2D eigenvalue weighted by Crippen LogP contribution is -2.66. The van der Waals surface area contributed by atoms with Gasteiger partial charge in [-0.05, 0) is 41.8 Å². The maximum Gasteiger partial charge on any atom is 0.270 e. The maximum absolute atomic E-state index is 13.2. The van der Waals surface area contributed by atoms with E-state index in [1.54, 1.807) is 24.3 Å². The molecule has 0 saturated carbocycles. The second-order valence-corrected chi connectivity index (χ2v) is 8.47. The Hall–Kier alpha value is -3.56. The summed E-state index contributed by atoms with van der Waals surface area (Å²) < 4.78 is 0. The third kappa shape index (κ3) is 2.85.